The molecule has 8 heavy (non-hydrogen) atoms. The Morgan fingerprint density at radius 2 is 0.500 bits per heavy atom. The second-order valence-corrected chi connectivity index (χ2v) is 0. The van der Waals surface area contributed by atoms with Gasteiger partial charge >= 0.3 is 51.4 Å². The van der Waals surface area contributed by atoms with Crippen LogP contribution in [-0.4, -0.2) is 0 Å². The standard InChI is InChI=1S/6FH.K.Ti.H/h6*1H;;;/q;;;;;;+1;;-1. The summed E-state index contributed by atoms with van der Waals surface area (Å²) >= 11 is 0. The summed E-state index contributed by atoms with van der Waals surface area (Å²) in [4.78, 5) is 0. The average Bonchev–Trinajstić information content (AvgIpc) is 0. The molecule has 0 aromatic rings. The summed E-state index contributed by atoms with van der Waals surface area (Å²) in [5.41, 5.74) is 0. The van der Waals surface area contributed by atoms with Crippen LogP contribution < -0.4 is 51.4 Å². The molecule has 0 N–H and O–H groups in total. The molecule has 0 aromatic carbocycles. The van der Waals surface area contributed by atoms with Crippen molar-refractivity contribution in [3.63, 3.8) is 0 Å². The van der Waals surface area contributed by atoms with Crippen molar-refractivity contribution in [1.29, 1.82) is 0 Å². The van der Waals surface area contributed by atoms with E-state index in [0.29, 0.717) is 0 Å². The van der Waals surface area contributed by atoms with Crippen LogP contribution in [0, 0.1) is 0 Å². The SMILES string of the molecule is F.F.F.F.F.F.[H-].[K+].[Ti]. The van der Waals surface area contributed by atoms with Crippen LogP contribution in [0.25, 0.3) is 0 Å². The predicted molar refractivity (Wildman–Crippen MR) is 16.1 cm³/mol. The van der Waals surface area contributed by atoms with Crippen LogP contribution in [0.1, 0.15) is 1.43 Å². The summed E-state index contributed by atoms with van der Waals surface area (Å²) in [6.07, 6.45) is 0. The summed E-state index contributed by atoms with van der Waals surface area (Å²) in [6.45, 7) is 0. The van der Waals surface area contributed by atoms with Crippen molar-refractivity contribution >= 4 is 0 Å². The second-order valence-electron chi connectivity index (χ2n) is 0. The largest absolute Gasteiger partial charge is 1.00 e. The fourth-order valence-electron chi connectivity index (χ4n) is 0. The van der Waals surface area contributed by atoms with Gasteiger partial charge in [0.05, 0.1) is 0 Å². The van der Waals surface area contributed by atoms with Gasteiger partial charge in [0.25, 0.3) is 0 Å². The molecule has 0 bridgehead atoms. The first kappa shape index (κ1) is 212. The maximum absolute atomic E-state index is 0. The summed E-state index contributed by atoms with van der Waals surface area (Å²) in [5, 5.41) is 0. The van der Waals surface area contributed by atoms with E-state index in [2.05, 4.69) is 0 Å². The van der Waals surface area contributed by atoms with Crippen LogP contribution in [0.15, 0.2) is 0 Å². The van der Waals surface area contributed by atoms with E-state index in [-0.39, 0.29) is 103 Å². The molecule has 0 aliphatic rings. The third-order valence-corrected chi connectivity index (χ3v) is 0. The molecule has 0 aromatic heterocycles. The van der Waals surface area contributed by atoms with E-state index in [1.165, 1.54) is 0 Å². The molecule has 0 unspecified atom stereocenters. The first-order valence-corrected chi connectivity index (χ1v) is 0. The fourth-order valence-corrected chi connectivity index (χ4v) is 0. The zero-order chi connectivity index (χ0) is 0. The Morgan fingerprint density at radius 1 is 0.500 bits per heavy atom. The van der Waals surface area contributed by atoms with E-state index in [0.717, 1.165) is 0 Å². The molecule has 0 amide bonds. The summed E-state index contributed by atoms with van der Waals surface area (Å²) in [6, 6.07) is 0. The van der Waals surface area contributed by atoms with Crippen molar-refractivity contribution in [3.05, 3.63) is 0 Å². The molecule has 0 nitrogen and oxygen atoms in total. The number of hydrogen-bond donors (Lipinski definition) is 0. The molecule has 0 radical (unpaired) electrons. The Morgan fingerprint density at radius 3 is 0.500 bits per heavy atom. The quantitative estimate of drug-likeness (QED) is 0.320. The minimum atomic E-state index is 0. The minimum Gasteiger partial charge on any atom is -1.00 e. The Bertz CT molecular complexity index is 13.0. The smallest absolute Gasteiger partial charge is 1.00 e. The van der Waals surface area contributed by atoms with Crippen molar-refractivity contribution in [1.82, 2.24) is 0 Å². The Hall–Kier alpha value is 1.93. The molecule has 0 atom stereocenters. The topological polar surface area (TPSA) is 0 Å². The monoisotopic (exact) mass is 208 g/mol. The molecule has 0 aliphatic carbocycles. The van der Waals surface area contributed by atoms with Gasteiger partial charge in [0.2, 0.25) is 0 Å². The van der Waals surface area contributed by atoms with Gasteiger partial charge in [0.1, 0.15) is 0 Å². The third-order valence-electron chi connectivity index (χ3n) is 0. The van der Waals surface area contributed by atoms with E-state index in [1.54, 1.807) is 0 Å². The molecule has 0 fully saturated rings. The van der Waals surface area contributed by atoms with Crippen molar-refractivity contribution in [2.24, 2.45) is 0 Å². The van der Waals surface area contributed by atoms with E-state index in [1.807, 2.05) is 0 Å². The van der Waals surface area contributed by atoms with Crippen LogP contribution in [-0.2, 0) is 21.7 Å². The van der Waals surface area contributed by atoms with Gasteiger partial charge in [0.15, 0.2) is 0 Å². The molecule has 0 saturated heterocycles. The average molecular weight is 208 g/mol. The van der Waals surface area contributed by atoms with Crippen molar-refractivity contribution in [2.75, 3.05) is 0 Å². The molecule has 8 heteroatoms. The number of hydrogen-bond acceptors (Lipinski definition) is 0. The fraction of sp³-hybridized carbons (Fsp3) is 0. The number of halogens is 6. The molecular weight excluding hydrogens is 201 g/mol. The Balaban J connectivity index is 0. The number of rotatable bonds is 0. The zero-order valence-electron chi connectivity index (χ0n) is 4.95. The summed E-state index contributed by atoms with van der Waals surface area (Å²) < 4.78 is 0. The van der Waals surface area contributed by atoms with Gasteiger partial charge in [-0.25, -0.2) is 0 Å². The first-order chi connectivity index (χ1) is 0. The molecule has 54 valence electrons. The van der Waals surface area contributed by atoms with Crippen LogP contribution in [0.5, 0.6) is 0 Å². The van der Waals surface area contributed by atoms with Crippen molar-refractivity contribution in [3.8, 4) is 0 Å². The van der Waals surface area contributed by atoms with Crippen LogP contribution in [0.3, 0.4) is 0 Å². The molecule has 0 heterocycles. The normalized spacial score (nSPS) is 0. The first-order valence-electron chi connectivity index (χ1n) is 0. The van der Waals surface area contributed by atoms with Gasteiger partial charge < -0.3 is 1.43 Å². The van der Waals surface area contributed by atoms with E-state index < -0.39 is 0 Å². The zero-order valence-corrected chi connectivity index (χ0v) is 8.63. The van der Waals surface area contributed by atoms with Crippen molar-refractivity contribution < 1.29 is 103 Å². The van der Waals surface area contributed by atoms with Gasteiger partial charge in [-0.05, 0) is 0 Å². The van der Waals surface area contributed by atoms with Gasteiger partial charge in [0, 0.05) is 21.7 Å². The maximum Gasteiger partial charge on any atom is 1.00 e. The molecular formula is H7F6KTi. The van der Waals surface area contributed by atoms with Gasteiger partial charge in [-0.3, -0.25) is 28.2 Å². The van der Waals surface area contributed by atoms with Crippen LogP contribution in [0.4, 0.5) is 28.2 Å². The van der Waals surface area contributed by atoms with Gasteiger partial charge in [-0.15, -0.1) is 0 Å². The van der Waals surface area contributed by atoms with Crippen molar-refractivity contribution in [2.45, 2.75) is 0 Å². The van der Waals surface area contributed by atoms with E-state index in [9.17, 15) is 0 Å². The molecule has 0 spiro atoms. The van der Waals surface area contributed by atoms with E-state index >= 15 is 0 Å². The molecule has 0 saturated carbocycles. The van der Waals surface area contributed by atoms with Crippen LogP contribution >= 0.6 is 0 Å². The maximum atomic E-state index is 0. The Labute approximate surface area is 101 Å². The van der Waals surface area contributed by atoms with Gasteiger partial charge in [-0.2, -0.15) is 0 Å². The minimum absolute atomic E-state index is 0. The molecule has 0 aliphatic heterocycles. The second kappa shape index (κ2) is 151. The summed E-state index contributed by atoms with van der Waals surface area (Å²) in [7, 11) is 0. The van der Waals surface area contributed by atoms with Crippen LogP contribution in [0.2, 0.25) is 0 Å². The Kier molecular flexibility index (Phi) is 4000. The summed E-state index contributed by atoms with van der Waals surface area (Å²) in [5.74, 6) is 0. The predicted octanol–water partition coefficient (Wildman–Crippen LogP) is -1.97. The van der Waals surface area contributed by atoms with Gasteiger partial charge in [-0.1, -0.05) is 0 Å². The molecule has 0 rings (SSSR count). The van der Waals surface area contributed by atoms with E-state index in [4.69, 9.17) is 0 Å². The third kappa shape index (κ3) is 102.